The summed E-state index contributed by atoms with van der Waals surface area (Å²) < 4.78 is 5.25. The first-order valence-electron chi connectivity index (χ1n) is 7.94. The number of nitrogens with two attached hydrogens (primary N) is 1. The van der Waals surface area contributed by atoms with Crippen LogP contribution in [0.4, 0.5) is 5.69 Å². The van der Waals surface area contributed by atoms with Crippen LogP contribution in [0.15, 0.2) is 36.4 Å². The lowest BCUT2D eigenvalue weighted by atomic mass is 9.92. The zero-order valence-electron chi connectivity index (χ0n) is 14.3. The summed E-state index contributed by atoms with van der Waals surface area (Å²) in [6, 6.07) is 11.5. The second-order valence-corrected chi connectivity index (χ2v) is 6.76. The van der Waals surface area contributed by atoms with Gasteiger partial charge in [-0.15, -0.1) is 12.4 Å². The molecule has 0 aromatic heterocycles. The molecule has 2 aromatic carbocycles. The fraction of sp³-hybridized carbons (Fsp3) is 0.316. The van der Waals surface area contributed by atoms with Gasteiger partial charge in [-0.05, 0) is 37.0 Å². The highest BCUT2D eigenvalue weighted by molar-refractivity contribution is 6.33. The summed E-state index contributed by atoms with van der Waals surface area (Å²) in [5, 5.41) is 3.38. The monoisotopic (exact) mass is 380 g/mol. The van der Waals surface area contributed by atoms with Gasteiger partial charge in [0.2, 0.25) is 0 Å². The average molecular weight is 381 g/mol. The quantitative estimate of drug-likeness (QED) is 0.766. The standard InChI is InChI=1S/C19H21ClN2O2.ClH/c1-12-5-3-4-6-14(12)19(7-8-19)11-22-18(23)13-9-15(20)16(21)10-17(13)24-2;/h3-6,9-10H,7-8,11,21H2,1-2H3,(H,22,23);1H. The molecule has 3 N–H and O–H groups in total. The maximum Gasteiger partial charge on any atom is 0.255 e. The minimum Gasteiger partial charge on any atom is -0.496 e. The van der Waals surface area contributed by atoms with Gasteiger partial charge in [-0.3, -0.25) is 4.79 Å². The van der Waals surface area contributed by atoms with Crippen LogP contribution in [0.2, 0.25) is 5.02 Å². The van der Waals surface area contributed by atoms with Crippen molar-refractivity contribution in [1.29, 1.82) is 0 Å². The molecule has 0 atom stereocenters. The van der Waals surface area contributed by atoms with E-state index in [1.165, 1.54) is 18.2 Å². The molecule has 3 rings (SSSR count). The zero-order valence-corrected chi connectivity index (χ0v) is 15.8. The molecule has 0 saturated heterocycles. The Kier molecular flexibility index (Phi) is 5.86. The Morgan fingerprint density at radius 1 is 1.32 bits per heavy atom. The Morgan fingerprint density at radius 2 is 2.00 bits per heavy atom. The molecule has 0 radical (unpaired) electrons. The van der Waals surface area contributed by atoms with E-state index >= 15 is 0 Å². The number of benzene rings is 2. The Hall–Kier alpha value is -1.91. The topological polar surface area (TPSA) is 64.3 Å². The second kappa shape index (κ2) is 7.54. The highest BCUT2D eigenvalue weighted by Crippen LogP contribution is 2.48. The van der Waals surface area contributed by atoms with Crippen molar-refractivity contribution >= 4 is 35.6 Å². The van der Waals surface area contributed by atoms with Gasteiger partial charge in [0.05, 0.1) is 23.4 Å². The van der Waals surface area contributed by atoms with E-state index in [9.17, 15) is 4.79 Å². The third kappa shape index (κ3) is 3.86. The lowest BCUT2D eigenvalue weighted by Gasteiger charge is -2.19. The number of aryl methyl sites for hydroxylation is 1. The first-order valence-corrected chi connectivity index (χ1v) is 8.32. The van der Waals surface area contributed by atoms with Gasteiger partial charge in [-0.25, -0.2) is 0 Å². The van der Waals surface area contributed by atoms with E-state index in [-0.39, 0.29) is 23.7 Å². The van der Waals surface area contributed by atoms with Crippen LogP contribution in [-0.2, 0) is 5.41 Å². The minimum absolute atomic E-state index is 0. The molecule has 2 aromatic rings. The number of hydrogen-bond acceptors (Lipinski definition) is 3. The first-order chi connectivity index (χ1) is 11.5. The lowest BCUT2D eigenvalue weighted by Crippen LogP contribution is -2.32. The molecule has 134 valence electrons. The number of hydrogen-bond donors (Lipinski definition) is 2. The molecule has 6 heteroatoms. The molecule has 1 amide bonds. The number of nitrogen functional groups attached to an aromatic ring is 1. The molecule has 1 aliphatic carbocycles. The van der Waals surface area contributed by atoms with Crippen LogP contribution in [0.3, 0.4) is 0 Å². The van der Waals surface area contributed by atoms with Gasteiger partial charge >= 0.3 is 0 Å². The van der Waals surface area contributed by atoms with Gasteiger partial charge in [-0.1, -0.05) is 35.9 Å². The van der Waals surface area contributed by atoms with Gasteiger partial charge in [0.1, 0.15) is 5.75 Å². The van der Waals surface area contributed by atoms with Crippen molar-refractivity contribution in [2.75, 3.05) is 19.4 Å². The molecule has 0 heterocycles. The molecule has 0 aliphatic heterocycles. The van der Waals surface area contributed by atoms with Gasteiger partial charge in [-0.2, -0.15) is 0 Å². The number of amides is 1. The molecule has 4 nitrogen and oxygen atoms in total. The van der Waals surface area contributed by atoms with E-state index in [0.29, 0.717) is 28.6 Å². The molecule has 25 heavy (non-hydrogen) atoms. The van der Waals surface area contributed by atoms with Crippen molar-refractivity contribution < 1.29 is 9.53 Å². The summed E-state index contributed by atoms with van der Waals surface area (Å²) in [5.74, 6) is 0.226. The van der Waals surface area contributed by atoms with Crippen LogP contribution < -0.4 is 15.8 Å². The highest BCUT2D eigenvalue weighted by atomic mass is 35.5. The first kappa shape index (κ1) is 19.4. The third-order valence-corrected chi connectivity index (χ3v) is 5.05. The van der Waals surface area contributed by atoms with E-state index < -0.39 is 0 Å². The summed E-state index contributed by atoms with van der Waals surface area (Å²) in [6.07, 6.45) is 2.16. The second-order valence-electron chi connectivity index (χ2n) is 6.35. The number of ether oxygens (including phenoxy) is 1. The largest absolute Gasteiger partial charge is 0.496 e. The summed E-state index contributed by atoms with van der Waals surface area (Å²) in [7, 11) is 1.51. The van der Waals surface area contributed by atoms with Crippen molar-refractivity contribution in [3.63, 3.8) is 0 Å². The van der Waals surface area contributed by atoms with Crippen LogP contribution in [0.25, 0.3) is 0 Å². The van der Waals surface area contributed by atoms with Crippen molar-refractivity contribution in [3.8, 4) is 5.75 Å². The van der Waals surface area contributed by atoms with E-state index in [2.05, 4.69) is 24.4 Å². The molecular formula is C19H22Cl2N2O2. The molecule has 0 unspecified atom stereocenters. The summed E-state index contributed by atoms with van der Waals surface area (Å²) in [5.41, 5.74) is 9.18. The maximum absolute atomic E-state index is 12.6. The normalized spacial score (nSPS) is 14.4. The Labute approximate surface area is 159 Å². The fourth-order valence-electron chi connectivity index (χ4n) is 3.12. The summed E-state index contributed by atoms with van der Waals surface area (Å²) in [6.45, 7) is 2.71. The van der Waals surface area contributed by atoms with Crippen molar-refractivity contribution in [2.45, 2.75) is 25.2 Å². The van der Waals surface area contributed by atoms with Gasteiger partial charge < -0.3 is 15.8 Å². The Bertz CT molecular complexity index is 789. The molecule has 1 aliphatic rings. The summed E-state index contributed by atoms with van der Waals surface area (Å²) in [4.78, 5) is 12.6. The van der Waals surface area contributed by atoms with Gasteiger partial charge in [0, 0.05) is 18.0 Å². The highest BCUT2D eigenvalue weighted by Gasteiger charge is 2.45. The Morgan fingerprint density at radius 3 is 2.60 bits per heavy atom. The lowest BCUT2D eigenvalue weighted by molar-refractivity contribution is 0.0946. The van der Waals surface area contributed by atoms with Crippen molar-refractivity contribution in [3.05, 3.63) is 58.1 Å². The zero-order chi connectivity index (χ0) is 17.3. The van der Waals surface area contributed by atoms with E-state index in [1.54, 1.807) is 12.1 Å². The number of carbonyl (C=O) groups excluding carboxylic acids is 1. The maximum atomic E-state index is 12.6. The smallest absolute Gasteiger partial charge is 0.255 e. The SMILES string of the molecule is COc1cc(N)c(Cl)cc1C(=O)NCC1(c2ccccc2C)CC1.Cl. The number of nitrogens with one attached hydrogen (secondary N) is 1. The fourth-order valence-corrected chi connectivity index (χ4v) is 3.28. The number of carbonyl (C=O) groups is 1. The van der Waals surface area contributed by atoms with Crippen LogP contribution in [0, 0.1) is 6.92 Å². The number of anilines is 1. The molecule has 1 saturated carbocycles. The van der Waals surface area contributed by atoms with Gasteiger partial charge in [0.15, 0.2) is 0 Å². The summed E-state index contributed by atoms with van der Waals surface area (Å²) >= 11 is 6.05. The number of halogens is 2. The van der Waals surface area contributed by atoms with Crippen LogP contribution >= 0.6 is 24.0 Å². The van der Waals surface area contributed by atoms with Crippen LogP contribution in [0.1, 0.15) is 34.3 Å². The van der Waals surface area contributed by atoms with E-state index in [4.69, 9.17) is 22.1 Å². The molecule has 0 spiro atoms. The van der Waals surface area contributed by atoms with E-state index in [1.807, 2.05) is 12.1 Å². The van der Waals surface area contributed by atoms with Crippen molar-refractivity contribution in [2.24, 2.45) is 0 Å². The van der Waals surface area contributed by atoms with Crippen LogP contribution in [-0.4, -0.2) is 19.6 Å². The van der Waals surface area contributed by atoms with Gasteiger partial charge in [0.25, 0.3) is 5.91 Å². The van der Waals surface area contributed by atoms with Crippen LogP contribution in [0.5, 0.6) is 5.75 Å². The number of rotatable bonds is 5. The predicted molar refractivity (Wildman–Crippen MR) is 104 cm³/mol. The van der Waals surface area contributed by atoms with E-state index in [0.717, 1.165) is 12.8 Å². The third-order valence-electron chi connectivity index (χ3n) is 4.72. The molecular weight excluding hydrogens is 359 g/mol. The average Bonchev–Trinajstić information content (AvgIpc) is 3.36. The van der Waals surface area contributed by atoms with Crippen molar-refractivity contribution in [1.82, 2.24) is 5.32 Å². The minimum atomic E-state index is -0.200. The Balaban J connectivity index is 0.00000225. The number of methoxy groups -OCH3 is 1. The molecule has 1 fully saturated rings. The predicted octanol–water partition coefficient (Wildman–Crippen LogP) is 4.12. The molecule has 0 bridgehead atoms.